The number of carboxylic acid groups (broad SMARTS) is 1. The van der Waals surface area contributed by atoms with Crippen LogP contribution in [-0.4, -0.2) is 29.5 Å². The monoisotopic (exact) mass is 249 g/mol. The fraction of sp³-hybridized carbons (Fsp3) is 0.300. The van der Waals surface area contributed by atoms with Crippen molar-refractivity contribution < 1.29 is 27.8 Å². The van der Waals surface area contributed by atoms with Gasteiger partial charge in [-0.2, -0.15) is 0 Å². The van der Waals surface area contributed by atoms with Crippen molar-refractivity contribution in [2.75, 3.05) is 7.05 Å². The summed E-state index contributed by atoms with van der Waals surface area (Å²) >= 11 is 0. The van der Waals surface area contributed by atoms with Crippen molar-refractivity contribution in [3.8, 4) is 5.75 Å². The zero-order chi connectivity index (χ0) is 13.1. The predicted molar refractivity (Wildman–Crippen MR) is 52.6 cm³/mol. The van der Waals surface area contributed by atoms with Crippen LogP contribution in [0, 0.1) is 0 Å². The largest absolute Gasteiger partial charge is 0.573 e. The van der Waals surface area contributed by atoms with E-state index in [1.807, 2.05) is 0 Å². The molecule has 0 spiro atoms. The third-order valence-corrected chi connectivity index (χ3v) is 1.90. The van der Waals surface area contributed by atoms with E-state index in [-0.39, 0.29) is 12.3 Å². The van der Waals surface area contributed by atoms with E-state index in [1.165, 1.54) is 19.2 Å². The van der Waals surface area contributed by atoms with E-state index in [0.717, 1.165) is 17.0 Å². The normalized spacial score (nSPS) is 11.1. The molecule has 17 heavy (non-hydrogen) atoms. The first kappa shape index (κ1) is 13.1. The summed E-state index contributed by atoms with van der Waals surface area (Å²) in [6.45, 7) is 0.0988. The molecule has 0 saturated carbocycles. The number of rotatable bonds is 3. The summed E-state index contributed by atoms with van der Waals surface area (Å²) in [5.41, 5.74) is 0.574. The molecule has 94 valence electrons. The maximum absolute atomic E-state index is 11.8. The summed E-state index contributed by atoms with van der Waals surface area (Å²) in [6.07, 6.45) is -5.83. The summed E-state index contributed by atoms with van der Waals surface area (Å²) in [4.78, 5) is 11.5. The lowest BCUT2D eigenvalue weighted by Crippen LogP contribution is -2.23. The average Bonchev–Trinajstić information content (AvgIpc) is 2.18. The number of alkyl halides is 3. The maximum Gasteiger partial charge on any atom is 0.573 e. The number of ether oxygens (including phenoxy) is 1. The molecule has 1 aromatic carbocycles. The highest BCUT2D eigenvalue weighted by Gasteiger charge is 2.30. The highest BCUT2D eigenvalue weighted by Crippen LogP contribution is 2.22. The van der Waals surface area contributed by atoms with Gasteiger partial charge in [0, 0.05) is 13.6 Å². The Labute approximate surface area is 95.2 Å². The third kappa shape index (κ3) is 4.62. The molecule has 0 aliphatic carbocycles. The minimum Gasteiger partial charge on any atom is -0.465 e. The molecule has 1 aromatic rings. The van der Waals surface area contributed by atoms with Crippen molar-refractivity contribution in [2.24, 2.45) is 0 Å². The Balaban J connectivity index is 2.65. The molecule has 0 fully saturated rings. The molecule has 0 aliphatic rings. The van der Waals surface area contributed by atoms with Gasteiger partial charge >= 0.3 is 12.5 Å². The van der Waals surface area contributed by atoms with Gasteiger partial charge in [-0.15, -0.1) is 13.2 Å². The molecule has 1 amide bonds. The SMILES string of the molecule is CN(Cc1ccc(OC(F)(F)F)cc1)C(=O)O. The van der Waals surface area contributed by atoms with Crippen molar-refractivity contribution in [3.63, 3.8) is 0 Å². The minimum absolute atomic E-state index is 0.0988. The van der Waals surface area contributed by atoms with E-state index in [4.69, 9.17) is 5.11 Å². The molecule has 4 nitrogen and oxygen atoms in total. The van der Waals surface area contributed by atoms with Gasteiger partial charge in [-0.3, -0.25) is 0 Å². The second kappa shape index (κ2) is 4.94. The highest BCUT2D eigenvalue weighted by atomic mass is 19.4. The van der Waals surface area contributed by atoms with Gasteiger partial charge in [0.15, 0.2) is 0 Å². The number of carbonyl (C=O) groups is 1. The summed E-state index contributed by atoms with van der Waals surface area (Å²) < 4.78 is 39.2. The average molecular weight is 249 g/mol. The van der Waals surface area contributed by atoms with Crippen molar-refractivity contribution >= 4 is 6.09 Å². The zero-order valence-corrected chi connectivity index (χ0v) is 8.86. The zero-order valence-electron chi connectivity index (χ0n) is 8.86. The molecule has 0 atom stereocenters. The Hall–Kier alpha value is -1.92. The van der Waals surface area contributed by atoms with E-state index in [0.29, 0.717) is 5.56 Å². The van der Waals surface area contributed by atoms with E-state index >= 15 is 0 Å². The van der Waals surface area contributed by atoms with Crippen LogP contribution < -0.4 is 4.74 Å². The Morgan fingerprint density at radius 3 is 2.29 bits per heavy atom. The first-order valence-corrected chi connectivity index (χ1v) is 4.56. The molecule has 0 heterocycles. The molecular formula is C10H10F3NO3. The van der Waals surface area contributed by atoms with E-state index in [9.17, 15) is 18.0 Å². The van der Waals surface area contributed by atoms with Crippen molar-refractivity contribution in [3.05, 3.63) is 29.8 Å². The van der Waals surface area contributed by atoms with Crippen LogP contribution in [-0.2, 0) is 6.54 Å². The summed E-state index contributed by atoms with van der Waals surface area (Å²) in [7, 11) is 1.36. The van der Waals surface area contributed by atoms with Gasteiger partial charge < -0.3 is 14.7 Å². The van der Waals surface area contributed by atoms with Crippen molar-refractivity contribution in [2.45, 2.75) is 12.9 Å². The second-order valence-corrected chi connectivity index (χ2v) is 3.33. The number of amides is 1. The van der Waals surface area contributed by atoms with E-state index in [1.54, 1.807) is 0 Å². The molecule has 0 aliphatic heterocycles. The van der Waals surface area contributed by atoms with Crippen LogP contribution >= 0.6 is 0 Å². The summed E-state index contributed by atoms with van der Waals surface area (Å²) in [6, 6.07) is 5.03. The molecule has 0 bridgehead atoms. The van der Waals surface area contributed by atoms with Gasteiger partial charge in [0.25, 0.3) is 0 Å². The molecule has 0 radical (unpaired) electrons. The van der Waals surface area contributed by atoms with Crippen LogP contribution in [0.1, 0.15) is 5.56 Å². The van der Waals surface area contributed by atoms with Gasteiger partial charge in [0.05, 0.1) is 0 Å². The Morgan fingerprint density at radius 2 is 1.88 bits per heavy atom. The number of benzene rings is 1. The van der Waals surface area contributed by atoms with Gasteiger partial charge in [0.1, 0.15) is 5.75 Å². The number of hydrogen-bond donors (Lipinski definition) is 1. The minimum atomic E-state index is -4.72. The molecule has 1 N–H and O–H groups in total. The van der Waals surface area contributed by atoms with Gasteiger partial charge in [-0.05, 0) is 17.7 Å². The van der Waals surface area contributed by atoms with Crippen LogP contribution in [0.15, 0.2) is 24.3 Å². The number of hydrogen-bond acceptors (Lipinski definition) is 2. The Bertz CT molecular complexity index is 389. The fourth-order valence-electron chi connectivity index (χ4n) is 1.14. The summed E-state index contributed by atoms with van der Waals surface area (Å²) in [5.74, 6) is -0.334. The summed E-state index contributed by atoms with van der Waals surface area (Å²) in [5, 5.41) is 8.60. The standard InChI is InChI=1S/C10H10F3NO3/c1-14(9(15)16)6-7-2-4-8(5-3-7)17-10(11,12)13/h2-5H,6H2,1H3,(H,15,16). The highest BCUT2D eigenvalue weighted by molar-refractivity contribution is 5.64. The first-order chi connectivity index (χ1) is 7.78. The lowest BCUT2D eigenvalue weighted by molar-refractivity contribution is -0.274. The fourth-order valence-corrected chi connectivity index (χ4v) is 1.14. The van der Waals surface area contributed by atoms with Gasteiger partial charge in [-0.25, -0.2) is 4.79 Å². The van der Waals surface area contributed by atoms with Crippen molar-refractivity contribution in [1.82, 2.24) is 4.90 Å². The van der Waals surface area contributed by atoms with Gasteiger partial charge in [-0.1, -0.05) is 12.1 Å². The third-order valence-electron chi connectivity index (χ3n) is 1.90. The molecule has 7 heteroatoms. The molecule has 0 aromatic heterocycles. The molecule has 0 unspecified atom stereocenters. The Kier molecular flexibility index (Phi) is 3.82. The molecular weight excluding hydrogens is 239 g/mol. The smallest absolute Gasteiger partial charge is 0.465 e. The molecule has 0 saturated heterocycles. The predicted octanol–water partition coefficient (Wildman–Crippen LogP) is 2.70. The van der Waals surface area contributed by atoms with Crippen LogP contribution in [0.2, 0.25) is 0 Å². The van der Waals surface area contributed by atoms with Crippen LogP contribution in [0.4, 0.5) is 18.0 Å². The first-order valence-electron chi connectivity index (χ1n) is 4.56. The van der Waals surface area contributed by atoms with Gasteiger partial charge in [0.2, 0.25) is 0 Å². The number of halogens is 3. The lowest BCUT2D eigenvalue weighted by Gasteiger charge is -2.13. The Morgan fingerprint density at radius 1 is 1.35 bits per heavy atom. The lowest BCUT2D eigenvalue weighted by atomic mass is 10.2. The van der Waals surface area contributed by atoms with Crippen LogP contribution in [0.25, 0.3) is 0 Å². The number of nitrogens with zero attached hydrogens (tertiary/aromatic N) is 1. The second-order valence-electron chi connectivity index (χ2n) is 3.33. The van der Waals surface area contributed by atoms with E-state index in [2.05, 4.69) is 4.74 Å². The van der Waals surface area contributed by atoms with E-state index < -0.39 is 12.5 Å². The maximum atomic E-state index is 11.8. The van der Waals surface area contributed by atoms with Crippen molar-refractivity contribution in [1.29, 1.82) is 0 Å². The molecule has 1 rings (SSSR count). The topological polar surface area (TPSA) is 49.8 Å². The van der Waals surface area contributed by atoms with Crippen LogP contribution in [0.5, 0.6) is 5.75 Å². The quantitative estimate of drug-likeness (QED) is 0.895. The van der Waals surface area contributed by atoms with Crippen LogP contribution in [0.3, 0.4) is 0 Å².